The molecule has 21 heavy (non-hydrogen) atoms. The summed E-state index contributed by atoms with van der Waals surface area (Å²) in [6, 6.07) is 0.535. The van der Waals surface area contributed by atoms with Gasteiger partial charge in [-0.05, 0) is 26.9 Å². The van der Waals surface area contributed by atoms with Gasteiger partial charge in [0.1, 0.15) is 17.1 Å². The van der Waals surface area contributed by atoms with E-state index in [0.29, 0.717) is 17.0 Å². The van der Waals surface area contributed by atoms with Crippen LogP contribution < -0.4 is 0 Å². The molecular weight excluding hydrogens is 292 g/mol. The molecule has 1 N–H and O–H groups in total. The Morgan fingerprint density at radius 1 is 1.52 bits per heavy atom. The van der Waals surface area contributed by atoms with Crippen LogP contribution in [0.15, 0.2) is 6.20 Å². The molecular formula is C14H23ClN4O2. The van der Waals surface area contributed by atoms with E-state index >= 15 is 0 Å². The highest BCUT2D eigenvalue weighted by molar-refractivity contribution is 6.29. The minimum Gasteiger partial charge on any atom is -0.385 e. The summed E-state index contributed by atoms with van der Waals surface area (Å²) in [6.45, 7) is 1.49. The second kappa shape index (κ2) is 6.77. The van der Waals surface area contributed by atoms with Crippen molar-refractivity contribution >= 4 is 17.5 Å². The lowest BCUT2D eigenvalue weighted by atomic mass is 10.0. The number of rotatable bonds is 4. The fourth-order valence-corrected chi connectivity index (χ4v) is 2.86. The molecule has 1 aliphatic heterocycles. The van der Waals surface area contributed by atoms with Gasteiger partial charge in [-0.2, -0.15) is 0 Å². The summed E-state index contributed by atoms with van der Waals surface area (Å²) >= 11 is 5.89. The molecule has 2 rings (SSSR count). The molecule has 1 aliphatic rings. The number of hydrogen-bond acceptors (Lipinski definition) is 4. The Hall–Kier alpha value is -1.11. The molecule has 2 heterocycles. The SMILES string of the molecule is CN(C)C1CCN(C(=O)CC(O)c2ncc(Cl)n2C)CC1. The van der Waals surface area contributed by atoms with E-state index < -0.39 is 6.10 Å². The van der Waals surface area contributed by atoms with Crippen LogP contribution in [0, 0.1) is 0 Å². The molecule has 1 saturated heterocycles. The van der Waals surface area contributed by atoms with Crippen LogP contribution in [0.5, 0.6) is 0 Å². The van der Waals surface area contributed by atoms with Crippen LogP contribution >= 0.6 is 11.6 Å². The summed E-state index contributed by atoms with van der Waals surface area (Å²) in [6.07, 6.45) is 2.56. The molecule has 1 aromatic heterocycles. The highest BCUT2D eigenvalue weighted by atomic mass is 35.5. The van der Waals surface area contributed by atoms with Crippen molar-refractivity contribution in [3.63, 3.8) is 0 Å². The smallest absolute Gasteiger partial charge is 0.225 e. The standard InChI is InChI=1S/C14H23ClN4O2/c1-17(2)10-4-6-19(7-5-10)13(21)8-11(20)14-16-9-12(15)18(14)3/h9-11,20H,4-8H2,1-3H3. The Morgan fingerprint density at radius 3 is 2.62 bits per heavy atom. The molecule has 6 nitrogen and oxygen atoms in total. The van der Waals surface area contributed by atoms with Crippen molar-refractivity contribution in [1.82, 2.24) is 19.4 Å². The first-order valence-electron chi connectivity index (χ1n) is 7.19. The third-order valence-corrected chi connectivity index (χ3v) is 4.53. The van der Waals surface area contributed by atoms with Gasteiger partial charge in [0.05, 0.1) is 12.6 Å². The first kappa shape index (κ1) is 16.3. The van der Waals surface area contributed by atoms with Gasteiger partial charge in [-0.15, -0.1) is 0 Å². The van der Waals surface area contributed by atoms with Crippen LogP contribution in [0.25, 0.3) is 0 Å². The molecule has 7 heteroatoms. The van der Waals surface area contributed by atoms with Gasteiger partial charge < -0.3 is 19.5 Å². The van der Waals surface area contributed by atoms with E-state index in [0.717, 1.165) is 25.9 Å². The number of hydrogen-bond donors (Lipinski definition) is 1. The summed E-state index contributed by atoms with van der Waals surface area (Å²) in [5.41, 5.74) is 0. The lowest BCUT2D eigenvalue weighted by molar-refractivity contribution is -0.135. The third kappa shape index (κ3) is 3.75. The zero-order chi connectivity index (χ0) is 15.6. The largest absolute Gasteiger partial charge is 0.385 e. The van der Waals surface area contributed by atoms with Crippen LogP contribution in [-0.4, -0.2) is 63.6 Å². The van der Waals surface area contributed by atoms with Crippen molar-refractivity contribution in [2.75, 3.05) is 27.2 Å². The molecule has 0 saturated carbocycles. The van der Waals surface area contributed by atoms with E-state index in [1.165, 1.54) is 6.20 Å². The third-order valence-electron chi connectivity index (χ3n) is 4.18. The molecule has 1 aromatic rings. The summed E-state index contributed by atoms with van der Waals surface area (Å²) < 4.78 is 1.60. The topological polar surface area (TPSA) is 61.6 Å². The van der Waals surface area contributed by atoms with E-state index in [1.807, 2.05) is 4.90 Å². The van der Waals surface area contributed by atoms with E-state index in [1.54, 1.807) is 11.6 Å². The molecule has 0 bridgehead atoms. The maximum Gasteiger partial charge on any atom is 0.225 e. The van der Waals surface area contributed by atoms with Gasteiger partial charge >= 0.3 is 0 Å². The zero-order valence-corrected chi connectivity index (χ0v) is 13.5. The van der Waals surface area contributed by atoms with Gasteiger partial charge in [0, 0.05) is 26.2 Å². The Morgan fingerprint density at radius 2 is 2.14 bits per heavy atom. The molecule has 118 valence electrons. The maximum absolute atomic E-state index is 12.3. The maximum atomic E-state index is 12.3. The first-order valence-corrected chi connectivity index (χ1v) is 7.57. The summed E-state index contributed by atoms with van der Waals surface area (Å²) in [7, 11) is 5.86. The van der Waals surface area contributed by atoms with Crippen molar-refractivity contribution in [2.24, 2.45) is 7.05 Å². The summed E-state index contributed by atoms with van der Waals surface area (Å²) in [5.74, 6) is 0.398. The number of likely N-dealkylation sites (tertiary alicyclic amines) is 1. The van der Waals surface area contributed by atoms with Crippen LogP contribution in [0.2, 0.25) is 5.15 Å². The molecule has 1 atom stereocenters. The van der Waals surface area contributed by atoms with Crippen molar-refractivity contribution in [3.8, 4) is 0 Å². The number of carbonyl (C=O) groups is 1. The Bertz CT molecular complexity index is 495. The van der Waals surface area contributed by atoms with Crippen molar-refractivity contribution in [3.05, 3.63) is 17.2 Å². The highest BCUT2D eigenvalue weighted by Crippen LogP contribution is 2.21. The number of amides is 1. The number of carbonyl (C=O) groups excluding carboxylic acids is 1. The molecule has 0 spiro atoms. The normalized spacial score (nSPS) is 18.3. The Kier molecular flexibility index (Phi) is 5.24. The van der Waals surface area contributed by atoms with Gasteiger partial charge in [-0.25, -0.2) is 4.98 Å². The number of aliphatic hydroxyl groups is 1. The lowest BCUT2D eigenvalue weighted by Gasteiger charge is -2.35. The minimum atomic E-state index is -0.915. The number of aromatic nitrogens is 2. The van der Waals surface area contributed by atoms with E-state index in [2.05, 4.69) is 24.0 Å². The van der Waals surface area contributed by atoms with Crippen LogP contribution in [0.1, 0.15) is 31.2 Å². The van der Waals surface area contributed by atoms with Crippen LogP contribution in [0.4, 0.5) is 0 Å². The van der Waals surface area contributed by atoms with Crippen molar-refractivity contribution in [1.29, 1.82) is 0 Å². The Balaban J connectivity index is 1.89. The van der Waals surface area contributed by atoms with Gasteiger partial charge in [0.25, 0.3) is 0 Å². The number of halogens is 1. The Labute approximate surface area is 130 Å². The average Bonchev–Trinajstić information content (AvgIpc) is 2.79. The fraction of sp³-hybridized carbons (Fsp3) is 0.714. The van der Waals surface area contributed by atoms with E-state index in [4.69, 9.17) is 11.6 Å². The second-order valence-electron chi connectivity index (χ2n) is 5.79. The van der Waals surface area contributed by atoms with Crippen molar-refractivity contribution in [2.45, 2.75) is 31.4 Å². The van der Waals surface area contributed by atoms with E-state index in [-0.39, 0.29) is 12.3 Å². The van der Waals surface area contributed by atoms with Gasteiger partial charge in [0.15, 0.2) is 0 Å². The van der Waals surface area contributed by atoms with E-state index in [9.17, 15) is 9.90 Å². The van der Waals surface area contributed by atoms with Gasteiger partial charge in [-0.1, -0.05) is 11.6 Å². The number of nitrogens with zero attached hydrogens (tertiary/aromatic N) is 4. The molecule has 1 unspecified atom stereocenters. The predicted molar refractivity (Wildman–Crippen MR) is 81.1 cm³/mol. The van der Waals surface area contributed by atoms with Gasteiger partial charge in [-0.3, -0.25) is 4.79 Å². The molecule has 1 fully saturated rings. The highest BCUT2D eigenvalue weighted by Gasteiger charge is 2.26. The number of aliphatic hydroxyl groups excluding tert-OH is 1. The molecule has 1 amide bonds. The van der Waals surface area contributed by atoms with Crippen LogP contribution in [0.3, 0.4) is 0 Å². The zero-order valence-electron chi connectivity index (χ0n) is 12.8. The number of piperidine rings is 1. The van der Waals surface area contributed by atoms with Crippen LogP contribution in [-0.2, 0) is 11.8 Å². The first-order chi connectivity index (χ1) is 9.90. The van der Waals surface area contributed by atoms with Crippen molar-refractivity contribution < 1.29 is 9.90 Å². The second-order valence-corrected chi connectivity index (χ2v) is 6.18. The predicted octanol–water partition coefficient (Wildman–Crippen LogP) is 1.05. The molecule has 0 aromatic carbocycles. The molecule has 0 radical (unpaired) electrons. The number of imidazole rings is 1. The monoisotopic (exact) mass is 314 g/mol. The average molecular weight is 315 g/mol. The van der Waals surface area contributed by atoms with Gasteiger partial charge in [0.2, 0.25) is 5.91 Å². The quantitative estimate of drug-likeness (QED) is 0.902. The molecule has 0 aliphatic carbocycles. The minimum absolute atomic E-state index is 0.0289. The summed E-state index contributed by atoms with van der Waals surface area (Å²) in [4.78, 5) is 20.3. The fourth-order valence-electron chi connectivity index (χ4n) is 2.73. The lowest BCUT2D eigenvalue weighted by Crippen LogP contribution is -2.44. The summed E-state index contributed by atoms with van der Waals surface area (Å²) in [5, 5.41) is 10.6.